The maximum atomic E-state index is 12.1. The second-order valence-corrected chi connectivity index (χ2v) is 4.33. The number of aryl methyl sites for hydroxylation is 1. The molecule has 0 aliphatic rings. The minimum absolute atomic E-state index is 0.132. The van der Waals surface area contributed by atoms with E-state index in [0.717, 1.165) is 22.9 Å². The summed E-state index contributed by atoms with van der Waals surface area (Å²) in [4.78, 5) is 12.1. The molecule has 0 bridgehead atoms. The number of fused-ring (bicyclic) bond motifs is 1. The topological polar surface area (TPSA) is 22.0 Å². The Morgan fingerprint density at radius 1 is 1.31 bits per heavy atom. The van der Waals surface area contributed by atoms with E-state index in [-0.39, 0.29) is 5.56 Å². The van der Waals surface area contributed by atoms with E-state index < -0.39 is 0 Å². The molecule has 2 nitrogen and oxygen atoms in total. The van der Waals surface area contributed by atoms with Crippen LogP contribution in [-0.4, -0.2) is 4.57 Å². The Morgan fingerprint density at radius 3 is 2.69 bits per heavy atom. The average molecular weight is 215 g/mol. The molecule has 1 aromatic heterocycles. The molecule has 0 N–H and O–H groups in total. The van der Waals surface area contributed by atoms with Crippen molar-refractivity contribution in [3.05, 3.63) is 46.2 Å². The molecule has 2 rings (SSSR count). The Labute approximate surface area is 95.5 Å². The first-order valence-electron chi connectivity index (χ1n) is 5.73. The normalized spacial score (nSPS) is 12.9. The first-order valence-corrected chi connectivity index (χ1v) is 5.73. The molecule has 16 heavy (non-hydrogen) atoms. The predicted octanol–water partition coefficient (Wildman–Crippen LogP) is 3.05. The molecule has 84 valence electrons. The summed E-state index contributed by atoms with van der Waals surface area (Å²) in [5.41, 5.74) is 2.05. The maximum absolute atomic E-state index is 12.1. The smallest absolute Gasteiger partial charge is 0.254 e. The third kappa shape index (κ3) is 1.64. The van der Waals surface area contributed by atoms with Gasteiger partial charge in [0.1, 0.15) is 0 Å². The van der Waals surface area contributed by atoms with Crippen LogP contribution in [0.15, 0.2) is 35.1 Å². The van der Waals surface area contributed by atoms with Crippen molar-refractivity contribution in [2.75, 3.05) is 0 Å². The zero-order valence-corrected chi connectivity index (χ0v) is 10.0. The third-order valence-corrected chi connectivity index (χ3v) is 3.30. The summed E-state index contributed by atoms with van der Waals surface area (Å²) in [6.07, 6.45) is 0.994. The van der Waals surface area contributed by atoms with Crippen molar-refractivity contribution in [2.45, 2.75) is 26.2 Å². The van der Waals surface area contributed by atoms with Gasteiger partial charge >= 0.3 is 0 Å². The molecule has 0 saturated heterocycles. The molecule has 0 saturated carbocycles. The van der Waals surface area contributed by atoms with Gasteiger partial charge < -0.3 is 4.57 Å². The van der Waals surface area contributed by atoms with Crippen molar-refractivity contribution in [3.8, 4) is 0 Å². The second kappa shape index (κ2) is 4.12. The number of hydrogen-bond acceptors (Lipinski definition) is 1. The summed E-state index contributed by atoms with van der Waals surface area (Å²) < 4.78 is 1.75. The number of aromatic nitrogens is 1. The number of benzene rings is 1. The summed E-state index contributed by atoms with van der Waals surface area (Å²) in [7, 11) is 1.84. The lowest BCUT2D eigenvalue weighted by molar-refractivity contribution is 0.710. The molecule has 0 radical (unpaired) electrons. The summed E-state index contributed by atoms with van der Waals surface area (Å²) >= 11 is 0. The molecule has 0 fully saturated rings. The van der Waals surface area contributed by atoms with Crippen LogP contribution in [0.1, 0.15) is 31.7 Å². The molecule has 2 heteroatoms. The second-order valence-electron chi connectivity index (χ2n) is 4.33. The highest BCUT2D eigenvalue weighted by Crippen LogP contribution is 2.19. The Balaban J connectivity index is 2.79. The minimum atomic E-state index is 0.132. The molecule has 1 unspecified atom stereocenters. The fourth-order valence-electron chi connectivity index (χ4n) is 2.02. The van der Waals surface area contributed by atoms with E-state index in [1.54, 1.807) is 4.57 Å². The predicted molar refractivity (Wildman–Crippen MR) is 67.9 cm³/mol. The maximum Gasteiger partial charge on any atom is 0.254 e. The fourth-order valence-corrected chi connectivity index (χ4v) is 2.02. The molecule has 1 atom stereocenters. The Morgan fingerprint density at radius 2 is 2.00 bits per heavy atom. The van der Waals surface area contributed by atoms with Crippen molar-refractivity contribution < 1.29 is 0 Å². The van der Waals surface area contributed by atoms with Crippen molar-refractivity contribution in [1.29, 1.82) is 0 Å². The van der Waals surface area contributed by atoms with Crippen LogP contribution in [-0.2, 0) is 7.05 Å². The largest absolute Gasteiger partial charge is 0.311 e. The van der Waals surface area contributed by atoms with Gasteiger partial charge in [0.25, 0.3) is 5.56 Å². The summed E-state index contributed by atoms with van der Waals surface area (Å²) in [5.74, 6) is 0.323. The molecule has 0 aliphatic heterocycles. The molecular formula is C14H17NO. The minimum Gasteiger partial charge on any atom is -0.311 e. The van der Waals surface area contributed by atoms with E-state index in [9.17, 15) is 4.79 Å². The van der Waals surface area contributed by atoms with Gasteiger partial charge in [-0.05, 0) is 29.9 Å². The highest BCUT2D eigenvalue weighted by atomic mass is 16.1. The van der Waals surface area contributed by atoms with Crippen LogP contribution in [0.25, 0.3) is 10.9 Å². The van der Waals surface area contributed by atoms with Crippen molar-refractivity contribution in [1.82, 2.24) is 4.57 Å². The number of hydrogen-bond donors (Lipinski definition) is 0. The van der Waals surface area contributed by atoms with Crippen LogP contribution in [0.2, 0.25) is 0 Å². The van der Waals surface area contributed by atoms with Gasteiger partial charge in [-0.15, -0.1) is 0 Å². The van der Waals surface area contributed by atoms with E-state index in [0.29, 0.717) is 5.92 Å². The molecule has 0 amide bonds. The molecular weight excluding hydrogens is 198 g/mol. The van der Waals surface area contributed by atoms with E-state index in [2.05, 4.69) is 19.9 Å². The molecule has 0 aliphatic carbocycles. The monoisotopic (exact) mass is 215 g/mol. The van der Waals surface area contributed by atoms with Gasteiger partial charge in [-0.2, -0.15) is 0 Å². The van der Waals surface area contributed by atoms with Gasteiger partial charge in [0.2, 0.25) is 0 Å². The molecule has 0 spiro atoms. The van der Waals surface area contributed by atoms with Crippen molar-refractivity contribution in [3.63, 3.8) is 0 Å². The number of pyridine rings is 1. The summed E-state index contributed by atoms with van der Waals surface area (Å²) in [6, 6.07) is 10.0. The average Bonchev–Trinajstić information content (AvgIpc) is 2.33. The summed E-state index contributed by atoms with van der Waals surface area (Å²) in [5, 5.41) is 1.14. The van der Waals surface area contributed by atoms with Crippen LogP contribution in [0.5, 0.6) is 0 Å². The Hall–Kier alpha value is -1.57. The van der Waals surface area contributed by atoms with Gasteiger partial charge in [0, 0.05) is 12.6 Å². The van der Waals surface area contributed by atoms with Crippen molar-refractivity contribution in [2.24, 2.45) is 7.05 Å². The Kier molecular flexibility index (Phi) is 2.82. The first-order chi connectivity index (χ1) is 7.65. The standard InChI is InChI=1S/C14H17NO/c1-4-10(2)12-9-11-7-5-6-8-13(11)15(3)14(12)16/h5-10H,4H2,1-3H3. The number of nitrogens with zero attached hydrogens (tertiary/aromatic N) is 1. The highest BCUT2D eigenvalue weighted by Gasteiger charge is 2.11. The molecule has 1 heterocycles. The first kappa shape index (κ1) is 10.9. The SMILES string of the molecule is CCC(C)c1cc2ccccc2n(C)c1=O. The third-order valence-electron chi connectivity index (χ3n) is 3.30. The summed E-state index contributed by atoms with van der Waals surface area (Å²) in [6.45, 7) is 4.21. The lowest BCUT2D eigenvalue weighted by Gasteiger charge is -2.12. The molecule has 1 aromatic carbocycles. The van der Waals surface area contributed by atoms with Crippen LogP contribution >= 0.6 is 0 Å². The van der Waals surface area contributed by atoms with Crippen LogP contribution in [0, 0.1) is 0 Å². The van der Waals surface area contributed by atoms with Gasteiger partial charge in [0.05, 0.1) is 5.52 Å². The van der Waals surface area contributed by atoms with E-state index in [1.165, 1.54) is 0 Å². The lowest BCUT2D eigenvalue weighted by Crippen LogP contribution is -2.22. The molecule has 2 aromatic rings. The highest BCUT2D eigenvalue weighted by molar-refractivity contribution is 5.79. The van der Waals surface area contributed by atoms with Gasteiger partial charge in [-0.25, -0.2) is 0 Å². The van der Waals surface area contributed by atoms with Gasteiger partial charge in [0.15, 0.2) is 0 Å². The van der Waals surface area contributed by atoms with E-state index >= 15 is 0 Å². The fraction of sp³-hybridized carbons (Fsp3) is 0.357. The number of rotatable bonds is 2. The van der Waals surface area contributed by atoms with Crippen molar-refractivity contribution >= 4 is 10.9 Å². The zero-order valence-electron chi connectivity index (χ0n) is 10.0. The van der Waals surface area contributed by atoms with E-state index in [1.807, 2.05) is 31.3 Å². The Bertz CT molecular complexity index is 568. The van der Waals surface area contributed by atoms with Crippen LogP contribution in [0.4, 0.5) is 0 Å². The quantitative estimate of drug-likeness (QED) is 0.754. The van der Waals surface area contributed by atoms with Crippen LogP contribution in [0.3, 0.4) is 0 Å². The zero-order chi connectivity index (χ0) is 11.7. The van der Waals surface area contributed by atoms with E-state index in [4.69, 9.17) is 0 Å². The lowest BCUT2D eigenvalue weighted by atomic mass is 9.98. The van der Waals surface area contributed by atoms with Gasteiger partial charge in [-0.3, -0.25) is 4.79 Å². The van der Waals surface area contributed by atoms with Gasteiger partial charge in [-0.1, -0.05) is 32.0 Å². The number of para-hydroxylation sites is 1. The van der Waals surface area contributed by atoms with Crippen LogP contribution < -0.4 is 5.56 Å².